The van der Waals surface area contributed by atoms with E-state index in [1.807, 2.05) is 12.1 Å². The van der Waals surface area contributed by atoms with Crippen molar-refractivity contribution in [1.82, 2.24) is 5.32 Å². The number of hydrogen-bond donors (Lipinski definition) is 2. The van der Waals surface area contributed by atoms with Crippen LogP contribution in [0.3, 0.4) is 0 Å². The van der Waals surface area contributed by atoms with E-state index in [1.54, 1.807) is 6.07 Å². The minimum Gasteiger partial charge on any atom is -0.508 e. The van der Waals surface area contributed by atoms with Gasteiger partial charge in [-0.3, -0.25) is 0 Å². The van der Waals surface area contributed by atoms with Gasteiger partial charge in [-0.15, -0.1) is 0 Å². The van der Waals surface area contributed by atoms with Gasteiger partial charge in [-0.1, -0.05) is 42.5 Å². The highest BCUT2D eigenvalue weighted by Crippen LogP contribution is 2.36. The Balaban J connectivity index is 1.97. The number of phenols is 1. The quantitative estimate of drug-likeness (QED) is 0.871. The Kier molecular flexibility index (Phi) is 3.27. The van der Waals surface area contributed by atoms with E-state index >= 15 is 0 Å². The third-order valence-corrected chi connectivity index (χ3v) is 4.03. The van der Waals surface area contributed by atoms with Gasteiger partial charge in [0, 0.05) is 17.1 Å². The molecule has 0 saturated heterocycles. The molecule has 0 amide bonds. The zero-order chi connectivity index (χ0) is 14.2. The Labute approximate surface area is 120 Å². The zero-order valence-corrected chi connectivity index (χ0v) is 12.1. The maximum Gasteiger partial charge on any atom is 0.119 e. The van der Waals surface area contributed by atoms with E-state index in [4.69, 9.17) is 0 Å². The van der Waals surface area contributed by atoms with Crippen molar-refractivity contribution >= 4 is 0 Å². The van der Waals surface area contributed by atoms with Gasteiger partial charge in [-0.2, -0.15) is 0 Å². The van der Waals surface area contributed by atoms with E-state index in [0.29, 0.717) is 5.75 Å². The Morgan fingerprint density at radius 3 is 2.60 bits per heavy atom. The fourth-order valence-electron chi connectivity index (χ4n) is 3.16. The molecule has 2 aromatic carbocycles. The average Bonchev–Trinajstić information content (AvgIpc) is 2.40. The fraction of sp³-hybridized carbons (Fsp3) is 0.333. The van der Waals surface area contributed by atoms with Crippen molar-refractivity contribution < 1.29 is 5.11 Å². The van der Waals surface area contributed by atoms with Gasteiger partial charge >= 0.3 is 0 Å². The van der Waals surface area contributed by atoms with Crippen LogP contribution >= 0.6 is 0 Å². The van der Waals surface area contributed by atoms with Gasteiger partial charge in [0.15, 0.2) is 0 Å². The van der Waals surface area contributed by atoms with E-state index in [9.17, 15) is 5.11 Å². The lowest BCUT2D eigenvalue weighted by Crippen LogP contribution is -2.48. The van der Waals surface area contributed by atoms with Gasteiger partial charge in [0.2, 0.25) is 0 Å². The van der Waals surface area contributed by atoms with Gasteiger partial charge in [0.1, 0.15) is 5.75 Å². The maximum atomic E-state index is 10.1. The largest absolute Gasteiger partial charge is 0.508 e. The van der Waals surface area contributed by atoms with Gasteiger partial charge in [0.05, 0.1) is 0 Å². The van der Waals surface area contributed by atoms with Crippen molar-refractivity contribution in [2.45, 2.75) is 38.3 Å². The summed E-state index contributed by atoms with van der Waals surface area (Å²) >= 11 is 0. The number of rotatable bonds is 2. The summed E-state index contributed by atoms with van der Waals surface area (Å²) in [5.74, 6) is 0.426. The summed E-state index contributed by atoms with van der Waals surface area (Å²) in [6.45, 7) is 4.39. The monoisotopic (exact) mass is 267 g/mol. The highest BCUT2D eigenvalue weighted by Gasteiger charge is 2.32. The molecule has 0 bridgehead atoms. The topological polar surface area (TPSA) is 32.3 Å². The molecule has 20 heavy (non-hydrogen) atoms. The average molecular weight is 267 g/mol. The normalized spacial score (nSPS) is 20.4. The van der Waals surface area contributed by atoms with Crippen LogP contribution in [0.4, 0.5) is 0 Å². The second kappa shape index (κ2) is 4.95. The molecule has 1 atom stereocenters. The van der Waals surface area contributed by atoms with Crippen LogP contribution in [0.2, 0.25) is 0 Å². The molecule has 104 valence electrons. The van der Waals surface area contributed by atoms with E-state index in [2.05, 4.69) is 49.5 Å². The molecule has 1 aliphatic heterocycles. The summed E-state index contributed by atoms with van der Waals surface area (Å²) in [5, 5.41) is 13.9. The molecule has 2 aromatic rings. The Bertz CT molecular complexity index is 604. The highest BCUT2D eigenvalue weighted by molar-refractivity contribution is 5.44. The summed E-state index contributed by atoms with van der Waals surface area (Å²) in [6, 6.07) is 16.6. The molecule has 1 heterocycles. The molecule has 0 saturated carbocycles. The second-order valence-electron chi connectivity index (χ2n) is 6.29. The third-order valence-electron chi connectivity index (χ3n) is 4.03. The Morgan fingerprint density at radius 2 is 1.85 bits per heavy atom. The Hall–Kier alpha value is -1.80. The number of benzene rings is 2. The molecule has 0 fully saturated rings. The highest BCUT2D eigenvalue weighted by atomic mass is 16.3. The van der Waals surface area contributed by atoms with Crippen LogP contribution < -0.4 is 5.32 Å². The van der Waals surface area contributed by atoms with E-state index < -0.39 is 0 Å². The first-order valence-electron chi connectivity index (χ1n) is 7.17. The molecule has 0 spiro atoms. The molecule has 2 N–H and O–H groups in total. The van der Waals surface area contributed by atoms with Gasteiger partial charge in [-0.25, -0.2) is 0 Å². The van der Waals surface area contributed by atoms with Crippen molar-refractivity contribution in [3.8, 4) is 5.75 Å². The summed E-state index contributed by atoms with van der Waals surface area (Å²) in [5.41, 5.74) is 3.65. The molecule has 1 aliphatic rings. The van der Waals surface area contributed by atoms with Gasteiger partial charge < -0.3 is 10.4 Å². The number of nitrogens with one attached hydrogen (secondary N) is 1. The summed E-state index contributed by atoms with van der Waals surface area (Å²) in [4.78, 5) is 0. The SMILES string of the molecule is CC1(C)Cc2c(O)cccc2C(Cc2ccccc2)N1. The van der Waals surface area contributed by atoms with Crippen LogP contribution in [-0.2, 0) is 12.8 Å². The minimum absolute atomic E-state index is 0.00524. The molecular weight excluding hydrogens is 246 g/mol. The van der Waals surface area contributed by atoms with Crippen LogP contribution in [0.25, 0.3) is 0 Å². The first kappa shape index (κ1) is 13.2. The fourth-order valence-corrected chi connectivity index (χ4v) is 3.16. The van der Waals surface area contributed by atoms with Crippen LogP contribution in [0.15, 0.2) is 48.5 Å². The molecule has 2 heteroatoms. The molecule has 0 aromatic heterocycles. The lowest BCUT2D eigenvalue weighted by atomic mass is 9.81. The van der Waals surface area contributed by atoms with Gasteiger partial charge in [0.25, 0.3) is 0 Å². The smallest absolute Gasteiger partial charge is 0.119 e. The molecule has 1 unspecified atom stereocenters. The summed E-state index contributed by atoms with van der Waals surface area (Å²) < 4.78 is 0. The van der Waals surface area contributed by atoms with Crippen molar-refractivity contribution in [3.63, 3.8) is 0 Å². The van der Waals surface area contributed by atoms with E-state index in [1.165, 1.54) is 11.1 Å². The summed E-state index contributed by atoms with van der Waals surface area (Å²) in [7, 11) is 0. The molecule has 3 rings (SSSR count). The molecule has 0 aliphatic carbocycles. The van der Waals surface area contributed by atoms with Gasteiger partial charge in [-0.05, 0) is 43.9 Å². The van der Waals surface area contributed by atoms with Crippen LogP contribution in [0, 0.1) is 0 Å². The predicted molar refractivity (Wildman–Crippen MR) is 81.9 cm³/mol. The lowest BCUT2D eigenvalue weighted by Gasteiger charge is -2.39. The van der Waals surface area contributed by atoms with Crippen molar-refractivity contribution in [3.05, 3.63) is 65.2 Å². The van der Waals surface area contributed by atoms with E-state index in [0.717, 1.165) is 18.4 Å². The Morgan fingerprint density at radius 1 is 1.10 bits per heavy atom. The van der Waals surface area contributed by atoms with E-state index in [-0.39, 0.29) is 11.6 Å². The molecular formula is C18H21NO. The number of aromatic hydroxyl groups is 1. The second-order valence-corrected chi connectivity index (χ2v) is 6.29. The molecule has 2 nitrogen and oxygen atoms in total. The lowest BCUT2D eigenvalue weighted by molar-refractivity contribution is 0.301. The predicted octanol–water partition coefficient (Wildman–Crippen LogP) is 3.60. The van der Waals surface area contributed by atoms with Crippen molar-refractivity contribution in [2.24, 2.45) is 0 Å². The first-order chi connectivity index (χ1) is 9.55. The first-order valence-corrected chi connectivity index (χ1v) is 7.17. The third kappa shape index (κ3) is 2.56. The zero-order valence-electron chi connectivity index (χ0n) is 12.1. The minimum atomic E-state index is 0.00524. The van der Waals surface area contributed by atoms with Crippen LogP contribution in [0.1, 0.15) is 36.6 Å². The van der Waals surface area contributed by atoms with Crippen LogP contribution in [-0.4, -0.2) is 10.6 Å². The number of fused-ring (bicyclic) bond motifs is 1. The summed E-state index contributed by atoms with van der Waals surface area (Å²) in [6.07, 6.45) is 1.81. The van der Waals surface area contributed by atoms with Crippen LogP contribution in [0.5, 0.6) is 5.75 Å². The number of hydrogen-bond acceptors (Lipinski definition) is 2. The standard InChI is InChI=1S/C18H21NO/c1-18(2)12-15-14(9-6-10-17(15)20)16(19-18)11-13-7-4-3-5-8-13/h3-10,16,19-20H,11-12H2,1-2H3. The van der Waals surface area contributed by atoms with Crippen molar-refractivity contribution in [2.75, 3.05) is 0 Å². The van der Waals surface area contributed by atoms with Crippen molar-refractivity contribution in [1.29, 1.82) is 0 Å². The maximum absolute atomic E-state index is 10.1. The number of phenolic OH excluding ortho intramolecular Hbond substituents is 1. The molecule has 0 radical (unpaired) electrons.